The van der Waals surface area contributed by atoms with Crippen molar-refractivity contribution in [3.63, 3.8) is 0 Å². The quantitative estimate of drug-likeness (QED) is 0.726. The van der Waals surface area contributed by atoms with Crippen LogP contribution in [-0.2, 0) is 17.8 Å². The summed E-state index contributed by atoms with van der Waals surface area (Å²) in [6.45, 7) is 6.70. The molecule has 1 aromatic carbocycles. The minimum Gasteiger partial charge on any atom is -0.345 e. The molecule has 0 saturated carbocycles. The zero-order valence-electron chi connectivity index (χ0n) is 15.2. The number of carbonyl (C=O) groups is 1. The van der Waals surface area contributed by atoms with Crippen molar-refractivity contribution in [3.8, 4) is 0 Å². The molecule has 6 heteroatoms. The summed E-state index contributed by atoms with van der Waals surface area (Å²) < 4.78 is 1.82. The Balaban J connectivity index is 1.54. The zero-order chi connectivity index (χ0) is 18.1. The average molecular weight is 349 g/mol. The van der Waals surface area contributed by atoms with Gasteiger partial charge in [-0.2, -0.15) is 9.61 Å². The highest BCUT2D eigenvalue weighted by atomic mass is 16.2. The first-order valence-electron chi connectivity index (χ1n) is 9.06. The maximum Gasteiger partial charge on any atom is 0.242 e. The predicted octanol–water partition coefficient (Wildman–Crippen LogP) is 2.45. The van der Waals surface area contributed by atoms with Crippen molar-refractivity contribution in [2.45, 2.75) is 26.8 Å². The van der Waals surface area contributed by atoms with E-state index in [0.717, 1.165) is 30.1 Å². The second-order valence-corrected chi connectivity index (χ2v) is 6.79. The molecule has 0 bridgehead atoms. The minimum atomic E-state index is 0.146. The number of aryl methyl sites for hydroxylation is 2. The van der Waals surface area contributed by atoms with Gasteiger partial charge in [-0.05, 0) is 18.9 Å². The summed E-state index contributed by atoms with van der Waals surface area (Å²) in [5.41, 5.74) is 4.24. The molecule has 6 nitrogen and oxygen atoms in total. The Labute approximate surface area is 153 Å². The van der Waals surface area contributed by atoms with Crippen LogP contribution in [-0.4, -0.2) is 45.0 Å². The van der Waals surface area contributed by atoms with Crippen LogP contribution < -0.4 is 4.90 Å². The highest BCUT2D eigenvalue weighted by Crippen LogP contribution is 2.20. The first kappa shape index (κ1) is 16.6. The maximum absolute atomic E-state index is 12.7. The van der Waals surface area contributed by atoms with E-state index in [-0.39, 0.29) is 5.91 Å². The van der Waals surface area contributed by atoms with Crippen molar-refractivity contribution in [1.82, 2.24) is 19.5 Å². The summed E-state index contributed by atoms with van der Waals surface area (Å²) in [5, 5.41) is 4.38. The molecular formula is C20H23N5O. The number of piperazine rings is 1. The zero-order valence-corrected chi connectivity index (χ0v) is 15.2. The highest BCUT2D eigenvalue weighted by Gasteiger charge is 2.26. The van der Waals surface area contributed by atoms with Crippen LogP contribution in [0.3, 0.4) is 0 Å². The van der Waals surface area contributed by atoms with Crippen molar-refractivity contribution in [1.29, 1.82) is 0 Å². The molecular weight excluding hydrogens is 326 g/mol. The third-order valence-electron chi connectivity index (χ3n) is 4.85. The van der Waals surface area contributed by atoms with Crippen LogP contribution in [0.1, 0.15) is 23.7 Å². The van der Waals surface area contributed by atoms with Gasteiger partial charge in [-0.1, -0.05) is 36.8 Å². The van der Waals surface area contributed by atoms with Gasteiger partial charge in [-0.25, -0.2) is 4.98 Å². The Morgan fingerprint density at radius 1 is 1.15 bits per heavy atom. The van der Waals surface area contributed by atoms with Crippen molar-refractivity contribution in [3.05, 3.63) is 59.4 Å². The monoisotopic (exact) mass is 349 g/mol. The summed E-state index contributed by atoms with van der Waals surface area (Å²) in [6.07, 6.45) is 2.61. The molecule has 134 valence electrons. The van der Waals surface area contributed by atoms with Crippen LogP contribution in [0.2, 0.25) is 0 Å². The predicted molar refractivity (Wildman–Crippen MR) is 101 cm³/mol. The smallest absolute Gasteiger partial charge is 0.242 e. The minimum absolute atomic E-state index is 0.146. The molecule has 1 amide bonds. The van der Waals surface area contributed by atoms with Gasteiger partial charge in [-0.3, -0.25) is 4.79 Å². The lowest BCUT2D eigenvalue weighted by molar-refractivity contribution is -0.131. The molecule has 0 atom stereocenters. The molecule has 0 unspecified atom stereocenters. The molecule has 0 aliphatic carbocycles. The molecule has 0 N–H and O–H groups in total. The molecule has 0 spiro atoms. The number of fused-ring (bicyclic) bond motifs is 1. The molecule has 1 fully saturated rings. The van der Waals surface area contributed by atoms with E-state index in [9.17, 15) is 4.79 Å². The molecule has 4 rings (SSSR count). The number of nitrogens with zero attached hydrogens (tertiary/aromatic N) is 5. The molecule has 3 aromatic rings. The number of rotatable bonds is 4. The fourth-order valence-electron chi connectivity index (χ4n) is 3.46. The van der Waals surface area contributed by atoms with Crippen molar-refractivity contribution in [2.75, 3.05) is 24.5 Å². The van der Waals surface area contributed by atoms with Crippen LogP contribution in [0.15, 0.2) is 42.6 Å². The Morgan fingerprint density at radius 2 is 2.04 bits per heavy atom. The maximum atomic E-state index is 12.7. The lowest BCUT2D eigenvalue weighted by Crippen LogP contribution is -2.50. The largest absolute Gasteiger partial charge is 0.345 e. The van der Waals surface area contributed by atoms with Gasteiger partial charge in [0.25, 0.3) is 0 Å². The van der Waals surface area contributed by atoms with Crippen LogP contribution >= 0.6 is 0 Å². The molecule has 2 aromatic heterocycles. The number of amides is 1. The number of carbonyl (C=O) groups excluding carboxylic acids is 1. The number of hydrogen-bond donors (Lipinski definition) is 0. The summed E-state index contributed by atoms with van der Waals surface area (Å²) in [7, 11) is 0. The topological polar surface area (TPSA) is 53.7 Å². The summed E-state index contributed by atoms with van der Waals surface area (Å²) in [5.74, 6) is 1.09. The second-order valence-electron chi connectivity index (χ2n) is 6.79. The molecule has 1 aliphatic rings. The van der Waals surface area contributed by atoms with Gasteiger partial charge in [0, 0.05) is 37.5 Å². The van der Waals surface area contributed by atoms with E-state index in [4.69, 9.17) is 0 Å². The molecule has 26 heavy (non-hydrogen) atoms. The standard InChI is InChI=1S/C20H23N5O/c1-3-17-12-19(25-18(22-17)7-8-21-25)23-9-10-24(20(26)14-23)13-16-6-4-5-15(2)11-16/h4-8,11-12H,3,9-10,13-14H2,1-2H3. The first-order chi connectivity index (χ1) is 12.6. The first-order valence-corrected chi connectivity index (χ1v) is 9.06. The Hall–Kier alpha value is -2.89. The van der Waals surface area contributed by atoms with Crippen LogP contribution in [0, 0.1) is 6.92 Å². The fourth-order valence-corrected chi connectivity index (χ4v) is 3.46. The van der Waals surface area contributed by atoms with E-state index < -0.39 is 0 Å². The van der Waals surface area contributed by atoms with Gasteiger partial charge in [0.1, 0.15) is 5.82 Å². The lowest BCUT2D eigenvalue weighted by Gasteiger charge is -2.35. The van der Waals surface area contributed by atoms with Crippen molar-refractivity contribution < 1.29 is 4.79 Å². The molecule has 0 radical (unpaired) electrons. The Kier molecular flexibility index (Phi) is 4.32. The van der Waals surface area contributed by atoms with E-state index in [1.807, 2.05) is 27.6 Å². The molecule has 1 saturated heterocycles. The van der Waals surface area contributed by atoms with Crippen LogP contribution in [0.5, 0.6) is 0 Å². The third-order valence-corrected chi connectivity index (χ3v) is 4.85. The normalized spacial score (nSPS) is 15.1. The number of aromatic nitrogens is 3. The summed E-state index contributed by atoms with van der Waals surface area (Å²) in [4.78, 5) is 21.4. The van der Waals surface area contributed by atoms with Gasteiger partial charge in [0.2, 0.25) is 5.91 Å². The van der Waals surface area contributed by atoms with Gasteiger partial charge in [-0.15, -0.1) is 0 Å². The highest BCUT2D eigenvalue weighted by molar-refractivity contribution is 5.82. The number of hydrogen-bond acceptors (Lipinski definition) is 4. The van der Waals surface area contributed by atoms with Crippen molar-refractivity contribution in [2.24, 2.45) is 0 Å². The number of benzene rings is 1. The van der Waals surface area contributed by atoms with E-state index in [1.54, 1.807) is 6.20 Å². The summed E-state index contributed by atoms with van der Waals surface area (Å²) >= 11 is 0. The number of anilines is 1. The van der Waals surface area contributed by atoms with Gasteiger partial charge in [0.05, 0.1) is 12.7 Å². The molecule has 1 aliphatic heterocycles. The second kappa shape index (κ2) is 6.78. The van der Waals surface area contributed by atoms with E-state index >= 15 is 0 Å². The van der Waals surface area contributed by atoms with Crippen LogP contribution in [0.4, 0.5) is 5.82 Å². The van der Waals surface area contributed by atoms with E-state index in [0.29, 0.717) is 19.6 Å². The van der Waals surface area contributed by atoms with Crippen LogP contribution in [0.25, 0.3) is 5.65 Å². The van der Waals surface area contributed by atoms with E-state index in [2.05, 4.69) is 47.0 Å². The third kappa shape index (κ3) is 3.14. The van der Waals surface area contributed by atoms with Gasteiger partial charge in [0.15, 0.2) is 5.65 Å². The Morgan fingerprint density at radius 3 is 2.81 bits per heavy atom. The lowest BCUT2D eigenvalue weighted by atomic mass is 10.1. The average Bonchev–Trinajstić information content (AvgIpc) is 3.11. The van der Waals surface area contributed by atoms with E-state index in [1.165, 1.54) is 11.1 Å². The Bertz CT molecular complexity index is 948. The fraction of sp³-hybridized carbons (Fsp3) is 0.350. The SMILES string of the molecule is CCc1cc(N2CCN(Cc3cccc(C)c3)C(=O)C2)n2nccc2n1. The molecule has 3 heterocycles. The van der Waals surface area contributed by atoms with Gasteiger partial charge >= 0.3 is 0 Å². The van der Waals surface area contributed by atoms with Crippen molar-refractivity contribution >= 4 is 17.4 Å². The van der Waals surface area contributed by atoms with Gasteiger partial charge < -0.3 is 9.80 Å². The summed E-state index contributed by atoms with van der Waals surface area (Å²) in [6, 6.07) is 12.3.